The van der Waals surface area contributed by atoms with E-state index in [0.717, 1.165) is 37.6 Å². The van der Waals surface area contributed by atoms with E-state index in [1.807, 2.05) is 31.2 Å². The molecule has 3 nitrogen and oxygen atoms in total. The molecule has 0 aromatic heterocycles. The van der Waals surface area contributed by atoms with E-state index in [1.165, 1.54) is 0 Å². The molecule has 0 spiro atoms. The summed E-state index contributed by atoms with van der Waals surface area (Å²) >= 11 is 0. The molecule has 17 heavy (non-hydrogen) atoms. The molecule has 1 rings (SSSR count). The molecular weight excluding hydrogens is 212 g/mol. The highest BCUT2D eigenvalue weighted by Crippen LogP contribution is 2.17. The van der Waals surface area contributed by atoms with Crippen molar-refractivity contribution in [3.05, 3.63) is 29.8 Å². The van der Waals surface area contributed by atoms with Crippen molar-refractivity contribution in [2.45, 2.75) is 26.8 Å². The highest BCUT2D eigenvalue weighted by molar-refractivity contribution is 5.30. The minimum Gasteiger partial charge on any atom is -0.492 e. The summed E-state index contributed by atoms with van der Waals surface area (Å²) in [4.78, 5) is 2.34. The van der Waals surface area contributed by atoms with Crippen LogP contribution in [-0.4, -0.2) is 31.1 Å². The number of hydrogen-bond donors (Lipinski definition) is 1. The van der Waals surface area contributed by atoms with Gasteiger partial charge in [0.05, 0.1) is 0 Å². The van der Waals surface area contributed by atoms with Crippen LogP contribution in [0.2, 0.25) is 0 Å². The van der Waals surface area contributed by atoms with Crippen molar-refractivity contribution in [3.63, 3.8) is 0 Å². The lowest BCUT2D eigenvalue weighted by Gasteiger charge is -2.18. The van der Waals surface area contributed by atoms with E-state index < -0.39 is 0 Å². The van der Waals surface area contributed by atoms with Crippen LogP contribution >= 0.6 is 0 Å². The quantitative estimate of drug-likeness (QED) is 0.790. The first-order valence-corrected chi connectivity index (χ1v) is 6.38. The van der Waals surface area contributed by atoms with Crippen LogP contribution < -0.4 is 10.5 Å². The summed E-state index contributed by atoms with van der Waals surface area (Å²) in [6.07, 6.45) is 0. The highest BCUT2D eigenvalue weighted by atomic mass is 16.5. The maximum absolute atomic E-state index is 5.84. The molecule has 0 aliphatic carbocycles. The lowest BCUT2D eigenvalue weighted by Crippen LogP contribution is -2.27. The van der Waals surface area contributed by atoms with Gasteiger partial charge in [-0.15, -0.1) is 0 Å². The summed E-state index contributed by atoms with van der Waals surface area (Å²) in [7, 11) is 0. The molecule has 1 unspecified atom stereocenters. The average Bonchev–Trinajstić information content (AvgIpc) is 2.35. The molecule has 0 saturated carbocycles. The van der Waals surface area contributed by atoms with E-state index in [1.54, 1.807) is 0 Å². The highest BCUT2D eigenvalue weighted by Gasteiger charge is 2.02. The van der Waals surface area contributed by atoms with Crippen molar-refractivity contribution in [2.24, 2.45) is 5.73 Å². The van der Waals surface area contributed by atoms with E-state index >= 15 is 0 Å². The van der Waals surface area contributed by atoms with Gasteiger partial charge in [0.15, 0.2) is 0 Å². The Hall–Kier alpha value is -1.06. The van der Waals surface area contributed by atoms with Gasteiger partial charge < -0.3 is 15.4 Å². The molecule has 0 aliphatic heterocycles. The number of nitrogens with two attached hydrogens (primary N) is 1. The lowest BCUT2D eigenvalue weighted by molar-refractivity contribution is 0.222. The third-order valence-electron chi connectivity index (χ3n) is 2.95. The van der Waals surface area contributed by atoms with Crippen molar-refractivity contribution < 1.29 is 4.74 Å². The van der Waals surface area contributed by atoms with Gasteiger partial charge in [0.2, 0.25) is 0 Å². The van der Waals surface area contributed by atoms with Gasteiger partial charge in [0.1, 0.15) is 12.4 Å². The van der Waals surface area contributed by atoms with E-state index in [9.17, 15) is 0 Å². The number of hydrogen-bond acceptors (Lipinski definition) is 3. The third kappa shape index (κ3) is 4.75. The fraction of sp³-hybridized carbons (Fsp3) is 0.571. The number of benzene rings is 1. The Morgan fingerprint density at radius 1 is 1.29 bits per heavy atom. The maximum Gasteiger partial charge on any atom is 0.119 e. The van der Waals surface area contributed by atoms with Gasteiger partial charge in [-0.2, -0.15) is 0 Å². The predicted octanol–water partition coefficient (Wildman–Crippen LogP) is 2.43. The van der Waals surface area contributed by atoms with Gasteiger partial charge in [-0.1, -0.05) is 26.0 Å². The minimum absolute atomic E-state index is 0.0568. The molecule has 0 radical (unpaired) electrons. The zero-order valence-corrected chi connectivity index (χ0v) is 11.1. The SMILES string of the molecule is CCN(CC)CCOc1cccc(C(C)N)c1. The van der Waals surface area contributed by atoms with Crippen molar-refractivity contribution in [1.82, 2.24) is 4.90 Å². The largest absolute Gasteiger partial charge is 0.492 e. The molecule has 0 aliphatic rings. The van der Waals surface area contributed by atoms with Crippen LogP contribution in [0.5, 0.6) is 5.75 Å². The maximum atomic E-state index is 5.84. The summed E-state index contributed by atoms with van der Waals surface area (Å²) in [5, 5.41) is 0. The topological polar surface area (TPSA) is 38.5 Å². The number of likely N-dealkylation sites (N-methyl/N-ethyl adjacent to an activating group) is 1. The van der Waals surface area contributed by atoms with Gasteiger partial charge in [0, 0.05) is 12.6 Å². The summed E-state index contributed by atoms with van der Waals surface area (Å²) in [6, 6.07) is 8.08. The van der Waals surface area contributed by atoms with Crippen molar-refractivity contribution in [2.75, 3.05) is 26.2 Å². The molecule has 0 bridgehead atoms. The van der Waals surface area contributed by atoms with E-state index in [0.29, 0.717) is 0 Å². The average molecular weight is 236 g/mol. The number of nitrogens with zero attached hydrogens (tertiary/aromatic N) is 1. The normalized spacial score (nSPS) is 12.8. The van der Waals surface area contributed by atoms with Crippen LogP contribution in [-0.2, 0) is 0 Å². The van der Waals surface area contributed by atoms with Crippen LogP contribution in [0.3, 0.4) is 0 Å². The Balaban J connectivity index is 2.43. The smallest absolute Gasteiger partial charge is 0.119 e. The zero-order valence-electron chi connectivity index (χ0n) is 11.1. The summed E-state index contributed by atoms with van der Waals surface area (Å²) in [6.45, 7) is 10.1. The van der Waals surface area contributed by atoms with Gasteiger partial charge in [-0.3, -0.25) is 0 Å². The Kier molecular flexibility index (Phi) is 6.01. The van der Waals surface area contributed by atoms with Gasteiger partial charge >= 0.3 is 0 Å². The molecule has 0 heterocycles. The number of ether oxygens (including phenoxy) is 1. The fourth-order valence-corrected chi connectivity index (χ4v) is 1.72. The molecule has 96 valence electrons. The summed E-state index contributed by atoms with van der Waals surface area (Å²) in [5.74, 6) is 0.909. The lowest BCUT2D eigenvalue weighted by atomic mass is 10.1. The molecule has 0 amide bonds. The molecule has 1 atom stereocenters. The monoisotopic (exact) mass is 236 g/mol. The van der Waals surface area contributed by atoms with Gasteiger partial charge in [-0.25, -0.2) is 0 Å². The van der Waals surface area contributed by atoms with E-state index in [-0.39, 0.29) is 6.04 Å². The van der Waals surface area contributed by atoms with Crippen LogP contribution in [0.15, 0.2) is 24.3 Å². The molecule has 2 N–H and O–H groups in total. The van der Waals surface area contributed by atoms with Gasteiger partial charge in [0.25, 0.3) is 0 Å². The predicted molar refractivity (Wildman–Crippen MR) is 72.3 cm³/mol. The first-order chi connectivity index (χ1) is 8.17. The zero-order chi connectivity index (χ0) is 12.7. The summed E-state index contributed by atoms with van der Waals surface area (Å²) in [5.41, 5.74) is 6.95. The van der Waals surface area contributed by atoms with Crippen molar-refractivity contribution in [3.8, 4) is 5.75 Å². The Bertz CT molecular complexity index is 322. The van der Waals surface area contributed by atoms with E-state index in [4.69, 9.17) is 10.5 Å². The fourth-order valence-electron chi connectivity index (χ4n) is 1.72. The van der Waals surface area contributed by atoms with Crippen LogP contribution in [0.1, 0.15) is 32.4 Å². The van der Waals surface area contributed by atoms with Crippen LogP contribution in [0, 0.1) is 0 Å². The third-order valence-corrected chi connectivity index (χ3v) is 2.95. The molecule has 0 fully saturated rings. The second-order valence-corrected chi connectivity index (χ2v) is 4.24. The second-order valence-electron chi connectivity index (χ2n) is 4.24. The molecule has 1 aromatic carbocycles. The molecule has 1 aromatic rings. The minimum atomic E-state index is 0.0568. The van der Waals surface area contributed by atoms with Crippen LogP contribution in [0.4, 0.5) is 0 Å². The molecule has 3 heteroatoms. The standard InChI is InChI=1S/C14H24N2O/c1-4-16(5-2)9-10-17-14-8-6-7-13(11-14)12(3)15/h6-8,11-12H,4-5,9-10,15H2,1-3H3. The summed E-state index contributed by atoms with van der Waals surface area (Å²) < 4.78 is 5.73. The Morgan fingerprint density at radius 2 is 2.00 bits per heavy atom. The van der Waals surface area contributed by atoms with Crippen LogP contribution in [0.25, 0.3) is 0 Å². The number of rotatable bonds is 7. The van der Waals surface area contributed by atoms with Gasteiger partial charge in [-0.05, 0) is 37.7 Å². The molecule has 0 saturated heterocycles. The Morgan fingerprint density at radius 3 is 2.59 bits per heavy atom. The first kappa shape index (κ1) is 14.0. The molecular formula is C14H24N2O. The first-order valence-electron chi connectivity index (χ1n) is 6.38. The van der Waals surface area contributed by atoms with Crippen molar-refractivity contribution >= 4 is 0 Å². The van der Waals surface area contributed by atoms with Crippen molar-refractivity contribution in [1.29, 1.82) is 0 Å². The Labute approximate surface area is 105 Å². The second kappa shape index (κ2) is 7.30. The van der Waals surface area contributed by atoms with E-state index in [2.05, 4.69) is 18.7 Å².